The third-order valence-electron chi connectivity index (χ3n) is 3.83. The predicted octanol–water partition coefficient (Wildman–Crippen LogP) is 3.90. The van der Waals surface area contributed by atoms with E-state index in [0.717, 1.165) is 34.4 Å². The Morgan fingerprint density at radius 1 is 1.19 bits per heavy atom. The monoisotopic (exact) mass is 372 g/mol. The largest absolute Gasteiger partial charge is 0.463 e. The molecular weight excluding hydrogens is 352 g/mol. The number of thiophene rings is 1. The molecule has 3 aromatic rings. The minimum Gasteiger partial charge on any atom is -0.463 e. The van der Waals surface area contributed by atoms with Crippen molar-refractivity contribution in [1.82, 2.24) is 9.78 Å². The van der Waals surface area contributed by atoms with Crippen molar-refractivity contribution < 1.29 is 19.1 Å². The molecular formula is C19H20N2O4S. The maximum Gasteiger partial charge on any atom is 0.348 e. The van der Waals surface area contributed by atoms with Crippen LogP contribution in [-0.4, -0.2) is 34.9 Å². The number of rotatable bonds is 7. The molecule has 136 valence electrons. The highest BCUT2D eigenvalue weighted by Gasteiger charge is 2.19. The van der Waals surface area contributed by atoms with Crippen molar-refractivity contribution in [3.63, 3.8) is 0 Å². The van der Waals surface area contributed by atoms with Crippen LogP contribution in [0.3, 0.4) is 0 Å². The fraction of sp³-hybridized carbons (Fsp3) is 0.316. The van der Waals surface area contributed by atoms with Gasteiger partial charge in [-0.25, -0.2) is 14.3 Å². The van der Waals surface area contributed by atoms with E-state index in [4.69, 9.17) is 9.47 Å². The Labute approximate surface area is 155 Å². The number of carbonyl (C=O) groups is 2. The van der Waals surface area contributed by atoms with Gasteiger partial charge < -0.3 is 9.47 Å². The fourth-order valence-electron chi connectivity index (χ4n) is 2.46. The van der Waals surface area contributed by atoms with Gasteiger partial charge in [0.15, 0.2) is 6.61 Å². The number of hydrogen-bond donors (Lipinski definition) is 0. The van der Waals surface area contributed by atoms with Gasteiger partial charge in [-0.05, 0) is 31.5 Å². The molecule has 0 radical (unpaired) electrons. The summed E-state index contributed by atoms with van der Waals surface area (Å²) in [6.45, 7) is 3.88. The molecule has 2 aromatic heterocycles. The molecule has 1 aromatic carbocycles. The van der Waals surface area contributed by atoms with Crippen LogP contribution in [-0.2, 0) is 14.3 Å². The van der Waals surface area contributed by atoms with Crippen molar-refractivity contribution in [2.45, 2.75) is 26.7 Å². The highest BCUT2D eigenvalue weighted by atomic mass is 32.1. The maximum absolute atomic E-state index is 12.3. The number of unbranched alkanes of at least 4 members (excludes halogenated alkanes) is 1. The lowest BCUT2D eigenvalue weighted by Crippen LogP contribution is -2.16. The molecule has 0 N–H and O–H groups in total. The second-order valence-electron chi connectivity index (χ2n) is 5.81. The first-order valence-corrected chi connectivity index (χ1v) is 9.29. The van der Waals surface area contributed by atoms with Gasteiger partial charge in [-0.2, -0.15) is 5.10 Å². The Bertz CT molecular complexity index is 914. The van der Waals surface area contributed by atoms with Crippen molar-refractivity contribution in [1.29, 1.82) is 0 Å². The number of para-hydroxylation sites is 1. The molecule has 0 atom stereocenters. The van der Waals surface area contributed by atoms with Crippen LogP contribution in [0.25, 0.3) is 15.9 Å². The zero-order valence-electron chi connectivity index (χ0n) is 14.7. The highest BCUT2D eigenvalue weighted by Crippen LogP contribution is 2.30. The van der Waals surface area contributed by atoms with Crippen molar-refractivity contribution in [2.75, 3.05) is 13.2 Å². The van der Waals surface area contributed by atoms with Gasteiger partial charge in [-0.1, -0.05) is 31.5 Å². The summed E-state index contributed by atoms with van der Waals surface area (Å²) in [7, 11) is 0. The van der Waals surface area contributed by atoms with Gasteiger partial charge in [0.1, 0.15) is 9.71 Å². The fourth-order valence-corrected chi connectivity index (χ4v) is 3.54. The Morgan fingerprint density at radius 2 is 1.96 bits per heavy atom. The molecule has 2 heterocycles. The lowest BCUT2D eigenvalue weighted by Gasteiger charge is -2.04. The Hall–Kier alpha value is -2.67. The average molecular weight is 372 g/mol. The molecule has 0 saturated heterocycles. The molecule has 0 unspecified atom stereocenters. The van der Waals surface area contributed by atoms with Crippen LogP contribution in [0.5, 0.6) is 0 Å². The number of carbonyl (C=O) groups excluding carboxylic acids is 2. The number of fused-ring (bicyclic) bond motifs is 1. The molecule has 7 heteroatoms. The van der Waals surface area contributed by atoms with Gasteiger partial charge in [0.2, 0.25) is 0 Å². The van der Waals surface area contributed by atoms with Crippen molar-refractivity contribution in [2.24, 2.45) is 0 Å². The number of ether oxygens (including phenoxy) is 2. The van der Waals surface area contributed by atoms with E-state index in [-0.39, 0.29) is 6.61 Å². The molecule has 6 nitrogen and oxygen atoms in total. The standard InChI is InChI=1S/C19H20N2O4S/c1-3-4-10-24-17(22)12-25-19(23)16-11-15-13(2)20-21(18(15)26-16)14-8-6-5-7-9-14/h5-9,11H,3-4,10,12H2,1-2H3. The van der Waals surface area contributed by atoms with E-state index in [0.29, 0.717) is 11.5 Å². The molecule has 0 fully saturated rings. The molecule has 0 aliphatic carbocycles. The number of benzene rings is 1. The topological polar surface area (TPSA) is 70.4 Å². The molecule has 0 saturated carbocycles. The smallest absolute Gasteiger partial charge is 0.348 e. The molecule has 3 rings (SSSR count). The second kappa shape index (κ2) is 8.14. The van der Waals surface area contributed by atoms with Crippen LogP contribution in [0.4, 0.5) is 0 Å². The molecule has 0 aliphatic rings. The third kappa shape index (κ3) is 3.94. The van der Waals surface area contributed by atoms with E-state index in [1.165, 1.54) is 11.3 Å². The summed E-state index contributed by atoms with van der Waals surface area (Å²) < 4.78 is 11.9. The average Bonchev–Trinajstić information content (AvgIpc) is 3.21. The SMILES string of the molecule is CCCCOC(=O)COC(=O)c1cc2c(C)nn(-c3ccccc3)c2s1. The lowest BCUT2D eigenvalue weighted by molar-refractivity contribution is -0.147. The first-order valence-electron chi connectivity index (χ1n) is 8.47. The van der Waals surface area contributed by atoms with E-state index < -0.39 is 11.9 Å². The third-order valence-corrected chi connectivity index (χ3v) is 4.92. The van der Waals surface area contributed by atoms with Gasteiger partial charge in [-0.3, -0.25) is 0 Å². The lowest BCUT2D eigenvalue weighted by atomic mass is 10.3. The molecule has 26 heavy (non-hydrogen) atoms. The number of esters is 2. The summed E-state index contributed by atoms with van der Waals surface area (Å²) in [6, 6.07) is 11.5. The normalized spacial score (nSPS) is 10.8. The van der Waals surface area contributed by atoms with Gasteiger partial charge in [0.05, 0.1) is 18.0 Å². The zero-order valence-corrected chi connectivity index (χ0v) is 15.5. The van der Waals surface area contributed by atoms with Gasteiger partial charge >= 0.3 is 11.9 Å². The predicted molar refractivity (Wildman–Crippen MR) is 99.8 cm³/mol. The van der Waals surface area contributed by atoms with Crippen LogP contribution in [0.1, 0.15) is 35.1 Å². The summed E-state index contributed by atoms with van der Waals surface area (Å²) >= 11 is 1.29. The Kier molecular flexibility index (Phi) is 5.68. The number of aromatic nitrogens is 2. The van der Waals surface area contributed by atoms with Crippen LogP contribution in [0.15, 0.2) is 36.4 Å². The molecule has 0 aliphatic heterocycles. The maximum atomic E-state index is 12.3. The van der Waals surface area contributed by atoms with Crippen molar-refractivity contribution in [3.8, 4) is 5.69 Å². The highest BCUT2D eigenvalue weighted by molar-refractivity contribution is 7.20. The van der Waals surface area contributed by atoms with Crippen LogP contribution < -0.4 is 0 Å². The van der Waals surface area contributed by atoms with E-state index in [2.05, 4.69) is 5.10 Å². The quantitative estimate of drug-likeness (QED) is 0.465. The molecule has 0 bridgehead atoms. The van der Waals surface area contributed by atoms with E-state index in [1.54, 1.807) is 6.07 Å². The first-order chi connectivity index (χ1) is 12.6. The minimum atomic E-state index is -0.530. The van der Waals surface area contributed by atoms with Crippen molar-refractivity contribution in [3.05, 3.63) is 47.0 Å². The molecule has 0 amide bonds. The first kappa shape index (κ1) is 18.1. The summed E-state index contributed by atoms with van der Waals surface area (Å²) in [5.41, 5.74) is 1.75. The number of hydrogen-bond acceptors (Lipinski definition) is 6. The van der Waals surface area contributed by atoms with Gasteiger partial charge in [0, 0.05) is 5.39 Å². The summed E-state index contributed by atoms with van der Waals surface area (Å²) in [5.74, 6) is -1.06. The zero-order chi connectivity index (χ0) is 18.5. The Balaban J connectivity index is 1.73. The summed E-state index contributed by atoms with van der Waals surface area (Å²) in [6.07, 6.45) is 1.73. The van der Waals surface area contributed by atoms with Crippen LogP contribution >= 0.6 is 11.3 Å². The van der Waals surface area contributed by atoms with Crippen molar-refractivity contribution >= 4 is 33.5 Å². The van der Waals surface area contributed by atoms with Crippen LogP contribution in [0, 0.1) is 6.92 Å². The van der Waals surface area contributed by atoms with Gasteiger partial charge in [-0.15, -0.1) is 11.3 Å². The summed E-state index contributed by atoms with van der Waals surface area (Å²) in [5, 5.41) is 5.44. The molecule has 0 spiro atoms. The number of nitrogens with zero attached hydrogens (tertiary/aromatic N) is 2. The minimum absolute atomic E-state index is 0.349. The number of aryl methyl sites for hydroxylation is 1. The Morgan fingerprint density at radius 3 is 2.69 bits per heavy atom. The van der Waals surface area contributed by atoms with Crippen LogP contribution in [0.2, 0.25) is 0 Å². The second-order valence-corrected chi connectivity index (χ2v) is 6.84. The van der Waals surface area contributed by atoms with E-state index in [9.17, 15) is 9.59 Å². The van der Waals surface area contributed by atoms with E-state index in [1.807, 2.05) is 48.9 Å². The summed E-state index contributed by atoms with van der Waals surface area (Å²) in [4.78, 5) is 25.1. The van der Waals surface area contributed by atoms with E-state index >= 15 is 0 Å². The van der Waals surface area contributed by atoms with Gasteiger partial charge in [0.25, 0.3) is 0 Å².